The van der Waals surface area contributed by atoms with Crippen molar-refractivity contribution < 1.29 is 14.7 Å². The smallest absolute Gasteiger partial charge is 0.303 e. The van der Waals surface area contributed by atoms with Crippen LogP contribution in [0.4, 0.5) is 0 Å². The molecule has 1 atom stereocenters. The molecule has 0 radical (unpaired) electrons. The number of benzene rings is 1. The first-order chi connectivity index (χ1) is 10.0. The molecule has 4 nitrogen and oxygen atoms in total. The number of carboxylic acids is 1. The Morgan fingerprint density at radius 3 is 2.81 bits per heavy atom. The number of likely N-dealkylation sites (tertiary alicyclic amines) is 1. The Balaban J connectivity index is 1.89. The predicted molar refractivity (Wildman–Crippen MR) is 81.1 cm³/mol. The van der Waals surface area contributed by atoms with Crippen LogP contribution in [0.1, 0.15) is 36.8 Å². The molecule has 1 aromatic carbocycles. The van der Waals surface area contributed by atoms with E-state index in [9.17, 15) is 9.59 Å². The highest BCUT2D eigenvalue weighted by atomic mass is 16.4. The minimum atomic E-state index is -0.737. The van der Waals surface area contributed by atoms with Gasteiger partial charge in [0.1, 0.15) is 0 Å². The van der Waals surface area contributed by atoms with Crippen LogP contribution in [-0.4, -0.2) is 35.0 Å². The first-order valence-electron chi connectivity index (χ1n) is 7.59. The Bertz CT molecular complexity index is 513. The summed E-state index contributed by atoms with van der Waals surface area (Å²) in [5, 5.41) is 8.87. The van der Waals surface area contributed by atoms with E-state index in [1.165, 1.54) is 0 Å². The van der Waals surface area contributed by atoms with E-state index < -0.39 is 5.97 Å². The molecule has 1 heterocycles. The van der Waals surface area contributed by atoms with Crippen LogP contribution in [0.25, 0.3) is 0 Å². The van der Waals surface area contributed by atoms with Crippen LogP contribution < -0.4 is 0 Å². The topological polar surface area (TPSA) is 57.6 Å². The van der Waals surface area contributed by atoms with E-state index in [0.29, 0.717) is 13.0 Å². The quantitative estimate of drug-likeness (QED) is 0.927. The lowest BCUT2D eigenvalue weighted by molar-refractivity contribution is -0.138. The highest BCUT2D eigenvalue weighted by Crippen LogP contribution is 2.21. The molecule has 1 amide bonds. The summed E-state index contributed by atoms with van der Waals surface area (Å²) in [6.07, 6.45) is 3.26. The molecule has 1 aliphatic rings. The van der Waals surface area contributed by atoms with Crippen LogP contribution >= 0.6 is 0 Å². The molecular weight excluding hydrogens is 266 g/mol. The number of carboxylic acid groups (broad SMARTS) is 1. The minimum Gasteiger partial charge on any atom is -0.481 e. The molecular formula is C17H23NO3. The van der Waals surface area contributed by atoms with Gasteiger partial charge in [-0.3, -0.25) is 9.59 Å². The summed E-state index contributed by atoms with van der Waals surface area (Å²) >= 11 is 0. The second kappa shape index (κ2) is 7.25. The average Bonchev–Trinajstić information content (AvgIpc) is 2.63. The van der Waals surface area contributed by atoms with E-state index in [0.717, 1.165) is 36.9 Å². The van der Waals surface area contributed by atoms with Gasteiger partial charge >= 0.3 is 5.97 Å². The maximum absolute atomic E-state index is 12.4. The first-order valence-corrected chi connectivity index (χ1v) is 7.59. The van der Waals surface area contributed by atoms with Crippen LogP contribution in [0.3, 0.4) is 0 Å². The molecule has 1 N–H and O–H groups in total. The predicted octanol–water partition coefficient (Wildman–Crippen LogP) is 2.64. The standard InChI is InChI=1S/C17H23NO3/c1-13-4-2-5-15(10-13)11-16(19)18-8-3-6-14(7-9-18)12-17(20)21/h2,4-5,10,14H,3,6-9,11-12H2,1H3,(H,20,21)/t14-/m0/s1. The van der Waals surface area contributed by atoms with Gasteiger partial charge in [0, 0.05) is 19.5 Å². The van der Waals surface area contributed by atoms with Gasteiger partial charge in [-0.25, -0.2) is 0 Å². The lowest BCUT2D eigenvalue weighted by Crippen LogP contribution is -2.33. The van der Waals surface area contributed by atoms with Gasteiger partial charge in [-0.05, 0) is 37.7 Å². The zero-order valence-electron chi connectivity index (χ0n) is 12.5. The van der Waals surface area contributed by atoms with E-state index >= 15 is 0 Å². The van der Waals surface area contributed by atoms with E-state index in [1.54, 1.807) is 0 Å². The van der Waals surface area contributed by atoms with E-state index in [2.05, 4.69) is 0 Å². The van der Waals surface area contributed by atoms with Gasteiger partial charge in [0.15, 0.2) is 0 Å². The van der Waals surface area contributed by atoms with Gasteiger partial charge in [-0.2, -0.15) is 0 Å². The van der Waals surface area contributed by atoms with Crippen molar-refractivity contribution in [3.8, 4) is 0 Å². The molecule has 0 spiro atoms. The number of nitrogens with zero attached hydrogens (tertiary/aromatic N) is 1. The average molecular weight is 289 g/mol. The Hall–Kier alpha value is -1.84. The third kappa shape index (κ3) is 4.88. The third-order valence-corrected chi connectivity index (χ3v) is 4.10. The minimum absolute atomic E-state index is 0.150. The number of carbonyl (C=O) groups is 2. The molecule has 4 heteroatoms. The summed E-state index contributed by atoms with van der Waals surface area (Å²) in [5.41, 5.74) is 2.21. The Kier molecular flexibility index (Phi) is 5.37. The van der Waals surface area contributed by atoms with Crippen molar-refractivity contribution in [2.24, 2.45) is 5.92 Å². The van der Waals surface area contributed by atoms with Crippen molar-refractivity contribution in [1.29, 1.82) is 0 Å². The number of amides is 1. The SMILES string of the molecule is Cc1cccc(CC(=O)N2CCC[C@H](CC(=O)O)CC2)c1. The van der Waals surface area contributed by atoms with Crippen LogP contribution in [0.2, 0.25) is 0 Å². The monoisotopic (exact) mass is 289 g/mol. The second-order valence-corrected chi connectivity index (χ2v) is 5.94. The van der Waals surface area contributed by atoms with Crippen LogP contribution in [0, 0.1) is 12.8 Å². The van der Waals surface area contributed by atoms with Gasteiger partial charge in [-0.1, -0.05) is 29.8 Å². The molecule has 1 aromatic rings. The summed E-state index contributed by atoms with van der Waals surface area (Å²) in [4.78, 5) is 25.1. The molecule has 1 saturated heterocycles. The van der Waals surface area contributed by atoms with Gasteiger partial charge < -0.3 is 10.0 Å². The molecule has 0 aromatic heterocycles. The number of aryl methyl sites for hydroxylation is 1. The number of rotatable bonds is 4. The van der Waals surface area contributed by atoms with Crippen molar-refractivity contribution in [3.63, 3.8) is 0 Å². The van der Waals surface area contributed by atoms with Gasteiger partial charge in [0.25, 0.3) is 0 Å². The lowest BCUT2D eigenvalue weighted by Gasteiger charge is -2.20. The zero-order chi connectivity index (χ0) is 15.2. The highest BCUT2D eigenvalue weighted by Gasteiger charge is 2.22. The van der Waals surface area contributed by atoms with Crippen molar-refractivity contribution in [3.05, 3.63) is 35.4 Å². The summed E-state index contributed by atoms with van der Waals surface area (Å²) in [6, 6.07) is 8.03. The summed E-state index contributed by atoms with van der Waals surface area (Å²) in [7, 11) is 0. The van der Waals surface area contributed by atoms with Crippen LogP contribution in [0.15, 0.2) is 24.3 Å². The van der Waals surface area contributed by atoms with Crippen molar-refractivity contribution >= 4 is 11.9 Å². The summed E-state index contributed by atoms with van der Waals surface area (Å²) in [6.45, 7) is 3.46. The molecule has 1 fully saturated rings. The fourth-order valence-corrected chi connectivity index (χ4v) is 2.97. The van der Waals surface area contributed by atoms with Gasteiger partial charge in [-0.15, -0.1) is 0 Å². The fraction of sp³-hybridized carbons (Fsp3) is 0.529. The zero-order valence-corrected chi connectivity index (χ0v) is 12.5. The Morgan fingerprint density at radius 2 is 2.10 bits per heavy atom. The van der Waals surface area contributed by atoms with Gasteiger partial charge in [0.2, 0.25) is 5.91 Å². The molecule has 0 bridgehead atoms. The van der Waals surface area contributed by atoms with Crippen molar-refractivity contribution in [2.75, 3.05) is 13.1 Å². The van der Waals surface area contributed by atoms with Crippen molar-refractivity contribution in [1.82, 2.24) is 4.90 Å². The van der Waals surface area contributed by atoms with E-state index in [4.69, 9.17) is 5.11 Å². The molecule has 114 valence electrons. The number of hydrogen-bond acceptors (Lipinski definition) is 2. The molecule has 0 aliphatic carbocycles. The second-order valence-electron chi connectivity index (χ2n) is 5.94. The normalized spacial score (nSPS) is 19.1. The number of hydrogen-bond donors (Lipinski definition) is 1. The highest BCUT2D eigenvalue weighted by molar-refractivity contribution is 5.78. The van der Waals surface area contributed by atoms with E-state index in [1.807, 2.05) is 36.1 Å². The van der Waals surface area contributed by atoms with Gasteiger partial charge in [0.05, 0.1) is 6.42 Å². The number of carbonyl (C=O) groups excluding carboxylic acids is 1. The maximum atomic E-state index is 12.4. The maximum Gasteiger partial charge on any atom is 0.303 e. The Labute approximate surface area is 125 Å². The van der Waals surface area contributed by atoms with Crippen LogP contribution in [0.5, 0.6) is 0 Å². The fourth-order valence-electron chi connectivity index (χ4n) is 2.97. The number of aliphatic carboxylic acids is 1. The van der Waals surface area contributed by atoms with Crippen LogP contribution in [-0.2, 0) is 16.0 Å². The molecule has 0 saturated carbocycles. The van der Waals surface area contributed by atoms with Crippen molar-refractivity contribution in [2.45, 2.75) is 39.0 Å². The first kappa shape index (κ1) is 15.5. The third-order valence-electron chi connectivity index (χ3n) is 4.10. The van der Waals surface area contributed by atoms with E-state index in [-0.39, 0.29) is 18.2 Å². The summed E-state index contributed by atoms with van der Waals surface area (Å²) < 4.78 is 0. The molecule has 21 heavy (non-hydrogen) atoms. The lowest BCUT2D eigenvalue weighted by atomic mass is 9.97. The molecule has 0 unspecified atom stereocenters. The summed E-state index contributed by atoms with van der Waals surface area (Å²) in [5.74, 6) is -0.379. The molecule has 1 aliphatic heterocycles. The molecule has 2 rings (SSSR count). The largest absolute Gasteiger partial charge is 0.481 e. The Morgan fingerprint density at radius 1 is 1.29 bits per heavy atom.